The van der Waals surface area contributed by atoms with Gasteiger partial charge in [-0.1, -0.05) is 83.4 Å². The Kier molecular flexibility index (Phi) is 11.0. The summed E-state index contributed by atoms with van der Waals surface area (Å²) in [7, 11) is -4.34. The van der Waals surface area contributed by atoms with Gasteiger partial charge in [0.1, 0.15) is 18.4 Å². The third kappa shape index (κ3) is 8.16. The fraction of sp³-hybridized carbons (Fsp3) is 0.212. The first-order chi connectivity index (χ1) is 21.0. The van der Waals surface area contributed by atoms with Crippen molar-refractivity contribution in [2.24, 2.45) is 0 Å². The van der Waals surface area contributed by atoms with Crippen LogP contribution in [-0.2, 0) is 32.6 Å². The molecule has 0 fully saturated rings. The molecule has 0 aliphatic heterocycles. The van der Waals surface area contributed by atoms with Gasteiger partial charge in [-0.15, -0.1) is 0 Å². The van der Waals surface area contributed by atoms with Crippen molar-refractivity contribution in [1.29, 1.82) is 0 Å². The first kappa shape index (κ1) is 33.0. The van der Waals surface area contributed by atoms with E-state index in [1.165, 1.54) is 59.5 Å². The van der Waals surface area contributed by atoms with Crippen LogP contribution in [0.15, 0.2) is 102 Å². The van der Waals surface area contributed by atoms with Crippen molar-refractivity contribution in [1.82, 2.24) is 10.2 Å². The monoisotopic (exact) mass is 655 g/mol. The fourth-order valence-corrected chi connectivity index (χ4v) is 6.52. The van der Waals surface area contributed by atoms with E-state index in [4.69, 9.17) is 23.2 Å². The number of nitrogens with one attached hydrogen (secondary N) is 1. The lowest BCUT2D eigenvalue weighted by Gasteiger charge is -2.34. The molecule has 0 radical (unpaired) electrons. The van der Waals surface area contributed by atoms with Gasteiger partial charge in [0.2, 0.25) is 11.8 Å². The molecule has 0 heterocycles. The van der Waals surface area contributed by atoms with Crippen molar-refractivity contribution in [2.45, 2.75) is 37.8 Å². The van der Waals surface area contributed by atoms with E-state index < -0.39 is 40.2 Å². The summed E-state index contributed by atoms with van der Waals surface area (Å²) in [5, 5.41) is 3.07. The first-order valence-corrected chi connectivity index (χ1v) is 16.1. The molecule has 2 amide bonds. The molecular formula is C33H32Cl2FN3O4S. The number of anilines is 1. The lowest BCUT2D eigenvalue weighted by Crippen LogP contribution is -2.53. The third-order valence-corrected chi connectivity index (χ3v) is 9.28. The zero-order valence-corrected chi connectivity index (χ0v) is 26.5. The minimum atomic E-state index is -4.34. The molecule has 0 bridgehead atoms. The highest BCUT2D eigenvalue weighted by Crippen LogP contribution is 2.33. The van der Waals surface area contributed by atoms with Crippen LogP contribution in [0.4, 0.5) is 10.1 Å². The topological polar surface area (TPSA) is 86.8 Å². The molecule has 44 heavy (non-hydrogen) atoms. The number of likely N-dealkylation sites (N-methyl/N-ethyl adjacent to an activating group) is 1. The maximum absolute atomic E-state index is 14.4. The van der Waals surface area contributed by atoms with Crippen LogP contribution in [-0.4, -0.2) is 44.3 Å². The summed E-state index contributed by atoms with van der Waals surface area (Å²) in [5.74, 6) is -1.55. The van der Waals surface area contributed by atoms with E-state index in [-0.39, 0.29) is 33.6 Å². The second kappa shape index (κ2) is 14.7. The number of rotatable bonds is 12. The molecule has 4 aromatic rings. The van der Waals surface area contributed by atoms with Crippen LogP contribution < -0.4 is 9.62 Å². The predicted octanol–water partition coefficient (Wildman–Crippen LogP) is 6.41. The van der Waals surface area contributed by atoms with Crippen LogP contribution in [0.1, 0.15) is 23.6 Å². The minimum Gasteiger partial charge on any atom is -0.355 e. The number of halogens is 3. The summed E-state index contributed by atoms with van der Waals surface area (Å²) in [6.45, 7) is 3.13. The van der Waals surface area contributed by atoms with Crippen molar-refractivity contribution in [3.05, 3.63) is 130 Å². The minimum absolute atomic E-state index is 0.00689. The SMILES string of the molecule is CCNC(=O)C(Cc1ccccc1)N(Cc1ccc(F)cc1)C(=O)CN(c1cc(Cl)ccc1Cl)S(=O)(=O)c1ccc(C)cc1. The van der Waals surface area contributed by atoms with Gasteiger partial charge in [-0.2, -0.15) is 0 Å². The smallest absolute Gasteiger partial charge is 0.264 e. The van der Waals surface area contributed by atoms with Gasteiger partial charge in [0.05, 0.1) is 15.6 Å². The molecule has 1 atom stereocenters. The van der Waals surface area contributed by atoms with Gasteiger partial charge in [-0.25, -0.2) is 12.8 Å². The van der Waals surface area contributed by atoms with Crippen molar-refractivity contribution in [3.63, 3.8) is 0 Å². The largest absolute Gasteiger partial charge is 0.355 e. The number of benzene rings is 4. The molecule has 0 aliphatic rings. The summed E-state index contributed by atoms with van der Waals surface area (Å²) in [6, 6.07) is 24.2. The fourth-order valence-electron chi connectivity index (χ4n) is 4.66. The van der Waals surface area contributed by atoms with E-state index in [1.54, 1.807) is 19.1 Å². The van der Waals surface area contributed by atoms with Gasteiger partial charge in [0, 0.05) is 24.5 Å². The van der Waals surface area contributed by atoms with Gasteiger partial charge in [-0.3, -0.25) is 13.9 Å². The zero-order chi connectivity index (χ0) is 31.9. The zero-order valence-electron chi connectivity index (χ0n) is 24.2. The lowest BCUT2D eigenvalue weighted by atomic mass is 10.0. The highest BCUT2D eigenvalue weighted by molar-refractivity contribution is 7.92. The van der Waals surface area contributed by atoms with E-state index in [0.29, 0.717) is 12.1 Å². The number of aryl methyl sites for hydroxylation is 1. The molecule has 0 saturated carbocycles. The number of nitrogens with zero attached hydrogens (tertiary/aromatic N) is 2. The summed E-state index contributed by atoms with van der Waals surface area (Å²) in [6.07, 6.45) is 0.155. The van der Waals surface area contributed by atoms with Crippen LogP contribution in [0.25, 0.3) is 0 Å². The summed E-state index contributed by atoms with van der Waals surface area (Å²) in [4.78, 5) is 29.1. The van der Waals surface area contributed by atoms with Crippen LogP contribution in [0, 0.1) is 12.7 Å². The van der Waals surface area contributed by atoms with Gasteiger partial charge >= 0.3 is 0 Å². The highest BCUT2D eigenvalue weighted by atomic mass is 35.5. The summed E-state index contributed by atoms with van der Waals surface area (Å²) < 4.78 is 42.9. The average Bonchev–Trinajstić information content (AvgIpc) is 3.00. The Morgan fingerprint density at radius 1 is 0.886 bits per heavy atom. The molecule has 1 unspecified atom stereocenters. The van der Waals surface area contributed by atoms with E-state index >= 15 is 0 Å². The van der Waals surface area contributed by atoms with E-state index in [1.807, 2.05) is 37.3 Å². The second-order valence-electron chi connectivity index (χ2n) is 10.2. The van der Waals surface area contributed by atoms with Crippen molar-refractivity contribution < 1.29 is 22.4 Å². The molecule has 4 aromatic carbocycles. The normalized spacial score (nSPS) is 11.9. The first-order valence-electron chi connectivity index (χ1n) is 13.9. The van der Waals surface area contributed by atoms with E-state index in [0.717, 1.165) is 15.4 Å². The van der Waals surface area contributed by atoms with Gasteiger partial charge < -0.3 is 10.2 Å². The quantitative estimate of drug-likeness (QED) is 0.191. The number of carbonyl (C=O) groups excluding carboxylic acids is 2. The standard InChI is InChI=1S/C33H32Cl2FN3O4S/c1-3-37-33(41)31(19-24-7-5-4-6-8-24)38(21-25-11-14-27(36)15-12-25)32(40)22-39(30-20-26(34)13-18-29(30)35)44(42,43)28-16-9-23(2)10-17-28/h4-18,20,31H,3,19,21-22H2,1-2H3,(H,37,41). The molecule has 0 spiro atoms. The van der Waals surface area contributed by atoms with E-state index in [9.17, 15) is 22.4 Å². The molecule has 230 valence electrons. The van der Waals surface area contributed by atoms with Crippen LogP contribution in [0.3, 0.4) is 0 Å². The molecule has 7 nitrogen and oxygen atoms in total. The Morgan fingerprint density at radius 2 is 1.55 bits per heavy atom. The maximum atomic E-state index is 14.4. The Labute approximate surface area is 267 Å². The number of amides is 2. The molecular weight excluding hydrogens is 624 g/mol. The van der Waals surface area contributed by atoms with Crippen LogP contribution in [0.2, 0.25) is 10.0 Å². The number of hydrogen-bond acceptors (Lipinski definition) is 4. The second-order valence-corrected chi connectivity index (χ2v) is 12.9. The van der Waals surface area contributed by atoms with Gasteiger partial charge in [0.25, 0.3) is 10.0 Å². The molecule has 0 aromatic heterocycles. The van der Waals surface area contributed by atoms with Crippen LogP contribution in [0.5, 0.6) is 0 Å². The average molecular weight is 657 g/mol. The number of hydrogen-bond donors (Lipinski definition) is 1. The van der Waals surface area contributed by atoms with Crippen molar-refractivity contribution in [2.75, 3.05) is 17.4 Å². The van der Waals surface area contributed by atoms with Crippen LogP contribution >= 0.6 is 23.2 Å². The van der Waals surface area contributed by atoms with Crippen molar-refractivity contribution in [3.8, 4) is 0 Å². The maximum Gasteiger partial charge on any atom is 0.264 e. The molecule has 0 aliphatic carbocycles. The Morgan fingerprint density at radius 3 is 2.18 bits per heavy atom. The molecule has 0 saturated heterocycles. The Balaban J connectivity index is 1.82. The third-order valence-electron chi connectivity index (χ3n) is 6.95. The van der Waals surface area contributed by atoms with Gasteiger partial charge in [0.15, 0.2) is 0 Å². The molecule has 1 N–H and O–H groups in total. The predicted molar refractivity (Wildman–Crippen MR) is 172 cm³/mol. The molecule has 4 rings (SSSR count). The van der Waals surface area contributed by atoms with Crippen molar-refractivity contribution >= 4 is 50.7 Å². The number of carbonyl (C=O) groups is 2. The Bertz CT molecular complexity index is 1700. The van der Waals surface area contributed by atoms with Gasteiger partial charge in [-0.05, 0) is 67.4 Å². The highest BCUT2D eigenvalue weighted by Gasteiger charge is 2.35. The lowest BCUT2D eigenvalue weighted by molar-refractivity contribution is -0.140. The summed E-state index contributed by atoms with van der Waals surface area (Å²) >= 11 is 12.7. The summed E-state index contributed by atoms with van der Waals surface area (Å²) in [5.41, 5.74) is 2.20. The number of sulfonamides is 1. The van der Waals surface area contributed by atoms with E-state index in [2.05, 4.69) is 5.32 Å². The Hall–Kier alpha value is -3.92. The molecule has 11 heteroatoms.